The summed E-state index contributed by atoms with van der Waals surface area (Å²) in [5.41, 5.74) is 3.27. The fraction of sp³-hybridized carbons (Fsp3) is 0.160. The summed E-state index contributed by atoms with van der Waals surface area (Å²) < 4.78 is 0. The van der Waals surface area contributed by atoms with Crippen molar-refractivity contribution in [2.24, 2.45) is 0 Å². The minimum Gasteiger partial charge on any atom is -0.294 e. The normalized spacial score (nSPS) is 18.7. The highest BCUT2D eigenvalue weighted by atomic mass is 16.7. The molecule has 3 aromatic rings. The van der Waals surface area contributed by atoms with E-state index in [4.69, 9.17) is 4.84 Å². The number of allylic oxidation sites excluding steroid dienone is 1. The van der Waals surface area contributed by atoms with Gasteiger partial charge in [-0.25, -0.2) is 0 Å². The quantitative estimate of drug-likeness (QED) is 0.554. The molecule has 0 heterocycles. The first-order valence-corrected chi connectivity index (χ1v) is 9.55. The van der Waals surface area contributed by atoms with Gasteiger partial charge in [0.25, 0.3) is 0 Å². The Labute approximate surface area is 165 Å². The minimum atomic E-state index is -0.249. The summed E-state index contributed by atoms with van der Waals surface area (Å²) in [5.74, 6) is -0.127. The van der Waals surface area contributed by atoms with Crippen LogP contribution in [0.25, 0.3) is 0 Å². The molecule has 4 rings (SSSR count). The molecule has 0 aliphatic heterocycles. The summed E-state index contributed by atoms with van der Waals surface area (Å²) in [6.45, 7) is 1.08. The number of carbonyl (C=O) groups is 1. The summed E-state index contributed by atoms with van der Waals surface area (Å²) in [7, 11) is 0. The van der Waals surface area contributed by atoms with Gasteiger partial charge in [0, 0.05) is 6.54 Å². The lowest BCUT2D eigenvalue weighted by Gasteiger charge is -2.31. The van der Waals surface area contributed by atoms with E-state index in [0.717, 1.165) is 16.7 Å². The van der Waals surface area contributed by atoms with Gasteiger partial charge in [0.05, 0.1) is 18.6 Å². The maximum Gasteiger partial charge on any atom is 0.164 e. The van der Waals surface area contributed by atoms with E-state index < -0.39 is 0 Å². The van der Waals surface area contributed by atoms with Crippen molar-refractivity contribution in [3.63, 3.8) is 0 Å². The van der Waals surface area contributed by atoms with E-state index in [9.17, 15) is 4.79 Å². The van der Waals surface area contributed by atoms with Gasteiger partial charge >= 0.3 is 0 Å². The number of benzene rings is 3. The molecule has 28 heavy (non-hydrogen) atoms. The van der Waals surface area contributed by atoms with Crippen molar-refractivity contribution >= 4 is 5.78 Å². The number of hydrogen-bond donors (Lipinski definition) is 0. The molecule has 1 aliphatic rings. The van der Waals surface area contributed by atoms with E-state index in [1.165, 1.54) is 0 Å². The molecule has 0 amide bonds. The summed E-state index contributed by atoms with van der Waals surface area (Å²) in [6, 6.07) is 30.1. The van der Waals surface area contributed by atoms with Gasteiger partial charge in [-0.05, 0) is 22.8 Å². The second-order valence-electron chi connectivity index (χ2n) is 6.96. The Morgan fingerprint density at radius 2 is 1.32 bits per heavy atom. The molecule has 0 spiro atoms. The van der Waals surface area contributed by atoms with Gasteiger partial charge in [0.1, 0.15) is 0 Å². The fourth-order valence-corrected chi connectivity index (χ4v) is 3.59. The molecule has 3 heteroatoms. The van der Waals surface area contributed by atoms with Crippen molar-refractivity contribution in [3.8, 4) is 0 Å². The molecule has 0 radical (unpaired) electrons. The van der Waals surface area contributed by atoms with Crippen molar-refractivity contribution in [3.05, 3.63) is 120 Å². The lowest BCUT2D eigenvalue weighted by atomic mass is 9.92. The zero-order valence-electron chi connectivity index (χ0n) is 15.6. The smallest absolute Gasteiger partial charge is 0.164 e. The van der Waals surface area contributed by atoms with E-state index in [1.54, 1.807) is 6.08 Å². The van der Waals surface area contributed by atoms with Crippen LogP contribution in [0.3, 0.4) is 0 Å². The van der Waals surface area contributed by atoms with Gasteiger partial charge in [-0.3, -0.25) is 9.63 Å². The standard InChI is InChI=1S/C25H23NO2/c27-24-17-16-23(25(24)22-14-8-3-9-15-22)26(18-20-10-4-1-5-11-20)28-19-21-12-6-2-7-13-21/h1-17,23,25H,18-19H2/t23-,25+/m1/s1. The number of hydrogen-bond acceptors (Lipinski definition) is 3. The van der Waals surface area contributed by atoms with Crippen LogP contribution in [0.1, 0.15) is 22.6 Å². The molecule has 0 saturated carbocycles. The largest absolute Gasteiger partial charge is 0.294 e. The predicted molar refractivity (Wildman–Crippen MR) is 110 cm³/mol. The molecule has 0 fully saturated rings. The molecule has 3 nitrogen and oxygen atoms in total. The van der Waals surface area contributed by atoms with Gasteiger partial charge in [-0.15, -0.1) is 0 Å². The maximum atomic E-state index is 12.6. The van der Waals surface area contributed by atoms with Gasteiger partial charge in [0.15, 0.2) is 5.78 Å². The van der Waals surface area contributed by atoms with Gasteiger partial charge in [0.2, 0.25) is 0 Å². The molecule has 3 aromatic carbocycles. The third-order valence-electron chi connectivity index (χ3n) is 5.02. The Balaban J connectivity index is 1.59. The van der Waals surface area contributed by atoms with Crippen molar-refractivity contribution in [2.45, 2.75) is 25.1 Å². The second-order valence-corrected chi connectivity index (χ2v) is 6.96. The van der Waals surface area contributed by atoms with E-state index in [2.05, 4.69) is 12.1 Å². The van der Waals surface area contributed by atoms with Crippen molar-refractivity contribution in [1.29, 1.82) is 0 Å². The number of ketones is 1. The monoisotopic (exact) mass is 369 g/mol. The first-order valence-electron chi connectivity index (χ1n) is 9.55. The Morgan fingerprint density at radius 1 is 0.750 bits per heavy atom. The first kappa shape index (κ1) is 18.4. The molecule has 0 unspecified atom stereocenters. The minimum absolute atomic E-state index is 0.123. The summed E-state index contributed by atoms with van der Waals surface area (Å²) in [6.07, 6.45) is 3.65. The van der Waals surface area contributed by atoms with E-state index in [0.29, 0.717) is 13.2 Å². The summed E-state index contributed by atoms with van der Waals surface area (Å²) in [5, 5.41) is 1.95. The van der Waals surface area contributed by atoms with Crippen molar-refractivity contribution in [1.82, 2.24) is 5.06 Å². The fourth-order valence-electron chi connectivity index (χ4n) is 3.59. The number of rotatable bonds is 7. The highest BCUT2D eigenvalue weighted by Gasteiger charge is 2.36. The summed E-state index contributed by atoms with van der Waals surface area (Å²) >= 11 is 0. The second kappa shape index (κ2) is 8.79. The molecule has 1 aliphatic carbocycles. The molecule has 140 valence electrons. The third-order valence-corrected chi connectivity index (χ3v) is 5.02. The Hall–Kier alpha value is -3.01. The van der Waals surface area contributed by atoms with Gasteiger partial charge < -0.3 is 0 Å². The molecular weight excluding hydrogens is 346 g/mol. The Morgan fingerprint density at radius 3 is 1.96 bits per heavy atom. The summed E-state index contributed by atoms with van der Waals surface area (Å²) in [4.78, 5) is 18.9. The zero-order valence-corrected chi connectivity index (χ0v) is 15.6. The van der Waals surface area contributed by atoms with Crippen molar-refractivity contribution < 1.29 is 9.63 Å². The average Bonchev–Trinajstić information content (AvgIpc) is 3.14. The van der Waals surface area contributed by atoms with Crippen LogP contribution in [0.4, 0.5) is 0 Å². The maximum absolute atomic E-state index is 12.6. The number of carbonyl (C=O) groups excluding carboxylic acids is 1. The number of nitrogens with zero attached hydrogens (tertiary/aromatic N) is 1. The topological polar surface area (TPSA) is 29.5 Å². The highest BCUT2D eigenvalue weighted by molar-refractivity contribution is 5.99. The van der Waals surface area contributed by atoms with Crippen LogP contribution in [-0.2, 0) is 22.8 Å². The van der Waals surface area contributed by atoms with Crippen LogP contribution in [0, 0.1) is 0 Å². The molecule has 0 N–H and O–H groups in total. The first-order chi connectivity index (χ1) is 13.8. The predicted octanol–water partition coefficient (Wildman–Crippen LogP) is 4.91. The lowest BCUT2D eigenvalue weighted by molar-refractivity contribution is -0.197. The van der Waals surface area contributed by atoms with Crippen LogP contribution in [0.2, 0.25) is 0 Å². The highest BCUT2D eigenvalue weighted by Crippen LogP contribution is 2.32. The Kier molecular flexibility index (Phi) is 5.76. The zero-order chi connectivity index (χ0) is 19.2. The van der Waals surface area contributed by atoms with Crippen molar-refractivity contribution in [2.75, 3.05) is 0 Å². The average molecular weight is 369 g/mol. The molecule has 0 saturated heterocycles. The number of hydroxylamine groups is 2. The lowest BCUT2D eigenvalue weighted by Crippen LogP contribution is -2.37. The molecular formula is C25H23NO2. The SMILES string of the molecule is O=C1C=C[C@@H](N(Cc2ccccc2)OCc2ccccc2)[C@@H]1c1ccccc1. The van der Waals surface area contributed by atoms with E-state index in [-0.39, 0.29) is 17.7 Å². The van der Waals surface area contributed by atoms with Gasteiger partial charge in [-0.1, -0.05) is 97.1 Å². The van der Waals surface area contributed by atoms with Crippen LogP contribution in [0.5, 0.6) is 0 Å². The van der Waals surface area contributed by atoms with E-state index in [1.807, 2.05) is 90.0 Å². The molecule has 0 aromatic heterocycles. The van der Waals surface area contributed by atoms with Crippen LogP contribution < -0.4 is 0 Å². The van der Waals surface area contributed by atoms with Crippen LogP contribution in [0.15, 0.2) is 103 Å². The van der Waals surface area contributed by atoms with Gasteiger partial charge in [-0.2, -0.15) is 5.06 Å². The molecule has 2 atom stereocenters. The molecule has 0 bridgehead atoms. The van der Waals surface area contributed by atoms with Crippen LogP contribution in [-0.4, -0.2) is 16.9 Å². The third kappa shape index (κ3) is 4.28. The van der Waals surface area contributed by atoms with E-state index >= 15 is 0 Å². The van der Waals surface area contributed by atoms with Crippen LogP contribution >= 0.6 is 0 Å². The Bertz CT molecular complexity index is 923.